The minimum Gasteiger partial charge on any atom is -0.439 e. The van der Waals surface area contributed by atoms with Gasteiger partial charge in [-0.05, 0) is 63.4 Å². The van der Waals surface area contributed by atoms with E-state index in [-0.39, 0.29) is 6.04 Å². The number of nitrogens with zero attached hydrogens (tertiary/aromatic N) is 3. The molecule has 0 saturated carbocycles. The summed E-state index contributed by atoms with van der Waals surface area (Å²) in [6, 6.07) is 10.3. The monoisotopic (exact) mass is 310 g/mol. The predicted molar refractivity (Wildman–Crippen MR) is 89.0 cm³/mol. The first kappa shape index (κ1) is 14.5. The largest absolute Gasteiger partial charge is 0.439 e. The quantitative estimate of drug-likeness (QED) is 0.800. The van der Waals surface area contributed by atoms with Gasteiger partial charge in [-0.25, -0.2) is 4.98 Å². The Balaban J connectivity index is 1.39. The molecule has 2 aromatic heterocycles. The van der Waals surface area contributed by atoms with Gasteiger partial charge >= 0.3 is 0 Å². The van der Waals surface area contributed by atoms with Crippen LogP contribution in [0.3, 0.4) is 0 Å². The van der Waals surface area contributed by atoms with Gasteiger partial charge < -0.3 is 4.42 Å². The normalized spacial score (nSPS) is 18.5. The number of H-pyrrole nitrogens is 1. The van der Waals surface area contributed by atoms with Crippen LogP contribution in [-0.2, 0) is 6.42 Å². The van der Waals surface area contributed by atoms with E-state index < -0.39 is 0 Å². The molecule has 0 bridgehead atoms. The molecule has 1 atom stereocenters. The number of hydrogen-bond donors (Lipinski definition) is 1. The molecule has 23 heavy (non-hydrogen) atoms. The van der Waals surface area contributed by atoms with Crippen LogP contribution in [0.1, 0.15) is 37.4 Å². The summed E-state index contributed by atoms with van der Waals surface area (Å²) in [5, 5.41) is 7.11. The lowest BCUT2D eigenvalue weighted by atomic mass is 9.91. The summed E-state index contributed by atoms with van der Waals surface area (Å²) in [4.78, 5) is 7.13. The summed E-state index contributed by atoms with van der Waals surface area (Å²) in [7, 11) is 0. The average Bonchev–Trinajstić information content (AvgIpc) is 3.24. The van der Waals surface area contributed by atoms with Crippen molar-refractivity contribution in [3.8, 4) is 0 Å². The van der Waals surface area contributed by atoms with Gasteiger partial charge in [0.1, 0.15) is 5.52 Å². The first-order valence-electron chi connectivity index (χ1n) is 8.37. The highest BCUT2D eigenvalue weighted by atomic mass is 16.3. The highest BCUT2D eigenvalue weighted by molar-refractivity contribution is 5.72. The SMILES string of the molecule is CC(c1nc2ccccc2o1)N1CCC(Cc2ccn[nH]2)CC1. The molecule has 4 rings (SSSR count). The minimum absolute atomic E-state index is 0.232. The summed E-state index contributed by atoms with van der Waals surface area (Å²) in [5.41, 5.74) is 3.07. The molecule has 120 valence electrons. The van der Waals surface area contributed by atoms with Crippen molar-refractivity contribution in [1.82, 2.24) is 20.1 Å². The van der Waals surface area contributed by atoms with Gasteiger partial charge in [-0.3, -0.25) is 10.00 Å². The Hall–Kier alpha value is -2.14. The van der Waals surface area contributed by atoms with Crippen molar-refractivity contribution in [2.75, 3.05) is 13.1 Å². The smallest absolute Gasteiger partial charge is 0.212 e. The van der Waals surface area contributed by atoms with Crippen LogP contribution in [0.5, 0.6) is 0 Å². The van der Waals surface area contributed by atoms with Gasteiger partial charge in [-0.2, -0.15) is 5.10 Å². The van der Waals surface area contributed by atoms with Gasteiger partial charge in [-0.15, -0.1) is 0 Å². The molecule has 0 amide bonds. The number of hydrogen-bond acceptors (Lipinski definition) is 4. The van der Waals surface area contributed by atoms with Crippen molar-refractivity contribution in [1.29, 1.82) is 0 Å². The Bertz CT molecular complexity index is 723. The van der Waals surface area contributed by atoms with E-state index in [2.05, 4.69) is 33.1 Å². The lowest BCUT2D eigenvalue weighted by Crippen LogP contribution is -2.36. The average molecular weight is 310 g/mol. The van der Waals surface area contributed by atoms with Crippen LogP contribution < -0.4 is 0 Å². The maximum Gasteiger partial charge on any atom is 0.212 e. The van der Waals surface area contributed by atoms with Crippen LogP contribution in [-0.4, -0.2) is 33.2 Å². The molecule has 1 fully saturated rings. The third-order valence-electron chi connectivity index (χ3n) is 4.93. The summed E-state index contributed by atoms with van der Waals surface area (Å²) in [5.74, 6) is 1.57. The van der Waals surface area contributed by atoms with Crippen LogP contribution in [0.4, 0.5) is 0 Å². The van der Waals surface area contributed by atoms with E-state index in [4.69, 9.17) is 4.42 Å². The zero-order chi connectivity index (χ0) is 15.6. The number of rotatable bonds is 4. The second-order valence-electron chi connectivity index (χ2n) is 6.46. The van der Waals surface area contributed by atoms with E-state index in [1.54, 1.807) is 0 Å². The molecule has 0 radical (unpaired) electrons. The first-order chi connectivity index (χ1) is 11.3. The number of para-hydroxylation sites is 2. The molecule has 1 aliphatic rings. The lowest BCUT2D eigenvalue weighted by Gasteiger charge is -2.34. The van der Waals surface area contributed by atoms with Gasteiger partial charge in [0.25, 0.3) is 0 Å². The Kier molecular flexibility index (Phi) is 3.87. The van der Waals surface area contributed by atoms with Crippen molar-refractivity contribution >= 4 is 11.1 Å². The molecule has 3 aromatic rings. The number of piperidine rings is 1. The van der Waals surface area contributed by atoms with Crippen molar-refractivity contribution in [2.45, 2.75) is 32.2 Å². The number of oxazole rings is 1. The number of aromatic nitrogens is 3. The van der Waals surface area contributed by atoms with E-state index in [1.165, 1.54) is 18.5 Å². The fourth-order valence-electron chi connectivity index (χ4n) is 3.48. The van der Waals surface area contributed by atoms with E-state index in [9.17, 15) is 0 Å². The van der Waals surface area contributed by atoms with E-state index in [1.807, 2.05) is 30.5 Å². The molecule has 1 aromatic carbocycles. The predicted octanol–water partition coefficient (Wildman–Crippen LogP) is 3.57. The fraction of sp³-hybridized carbons (Fsp3) is 0.444. The van der Waals surface area contributed by atoms with Crippen molar-refractivity contribution in [3.05, 3.63) is 48.1 Å². The Morgan fingerprint density at radius 2 is 2.09 bits per heavy atom. The number of nitrogens with one attached hydrogen (secondary N) is 1. The van der Waals surface area contributed by atoms with Crippen LogP contribution in [0, 0.1) is 5.92 Å². The van der Waals surface area contributed by atoms with Crippen LogP contribution in [0.15, 0.2) is 40.9 Å². The molecule has 0 spiro atoms. The van der Waals surface area contributed by atoms with Gasteiger partial charge in [-0.1, -0.05) is 12.1 Å². The fourth-order valence-corrected chi connectivity index (χ4v) is 3.48. The third kappa shape index (κ3) is 3.01. The van der Waals surface area contributed by atoms with Crippen molar-refractivity contribution in [3.63, 3.8) is 0 Å². The van der Waals surface area contributed by atoms with Crippen LogP contribution in [0.2, 0.25) is 0 Å². The highest BCUT2D eigenvalue weighted by Gasteiger charge is 2.26. The first-order valence-corrected chi connectivity index (χ1v) is 8.37. The summed E-state index contributed by atoms with van der Waals surface area (Å²) in [6.07, 6.45) is 5.36. The van der Waals surface area contributed by atoms with Gasteiger partial charge in [0.15, 0.2) is 5.58 Å². The zero-order valence-corrected chi connectivity index (χ0v) is 13.4. The van der Waals surface area contributed by atoms with Crippen LogP contribution in [0.25, 0.3) is 11.1 Å². The van der Waals surface area contributed by atoms with Crippen molar-refractivity contribution in [2.24, 2.45) is 5.92 Å². The molecule has 5 nitrogen and oxygen atoms in total. The second-order valence-corrected chi connectivity index (χ2v) is 6.46. The zero-order valence-electron chi connectivity index (χ0n) is 13.4. The van der Waals surface area contributed by atoms with E-state index in [0.29, 0.717) is 0 Å². The maximum atomic E-state index is 5.93. The standard InChI is InChI=1S/C18H22N4O/c1-13(18-20-16-4-2-3-5-17(16)23-18)22-10-7-14(8-11-22)12-15-6-9-19-21-15/h2-6,9,13-14H,7-8,10-12H2,1H3,(H,19,21). The molecule has 0 aliphatic carbocycles. The molecule has 5 heteroatoms. The van der Waals surface area contributed by atoms with Gasteiger partial charge in [0, 0.05) is 11.9 Å². The molecular formula is C18H22N4O. The molecule has 1 unspecified atom stereocenters. The Morgan fingerprint density at radius 1 is 1.26 bits per heavy atom. The third-order valence-corrected chi connectivity index (χ3v) is 4.93. The Labute approximate surface area is 135 Å². The molecule has 1 saturated heterocycles. The topological polar surface area (TPSA) is 58.0 Å². The van der Waals surface area contributed by atoms with E-state index >= 15 is 0 Å². The molecule has 1 aliphatic heterocycles. The number of aromatic amines is 1. The molecule has 1 N–H and O–H groups in total. The summed E-state index contributed by atoms with van der Waals surface area (Å²) < 4.78 is 5.93. The minimum atomic E-state index is 0.232. The molecule has 3 heterocycles. The maximum absolute atomic E-state index is 5.93. The lowest BCUT2D eigenvalue weighted by molar-refractivity contribution is 0.125. The number of benzene rings is 1. The van der Waals surface area contributed by atoms with Gasteiger partial charge in [0.05, 0.1) is 6.04 Å². The number of likely N-dealkylation sites (tertiary alicyclic amines) is 1. The summed E-state index contributed by atoms with van der Waals surface area (Å²) >= 11 is 0. The molecular weight excluding hydrogens is 288 g/mol. The number of fused-ring (bicyclic) bond motifs is 1. The van der Waals surface area contributed by atoms with E-state index in [0.717, 1.165) is 42.4 Å². The van der Waals surface area contributed by atoms with Gasteiger partial charge in [0.2, 0.25) is 5.89 Å². The highest BCUT2D eigenvalue weighted by Crippen LogP contribution is 2.29. The summed E-state index contributed by atoms with van der Waals surface area (Å²) in [6.45, 7) is 4.39. The Morgan fingerprint density at radius 3 is 2.83 bits per heavy atom. The van der Waals surface area contributed by atoms with Crippen LogP contribution >= 0.6 is 0 Å². The van der Waals surface area contributed by atoms with Crippen molar-refractivity contribution < 1.29 is 4.42 Å². The second kappa shape index (κ2) is 6.16.